The van der Waals surface area contributed by atoms with Crippen LogP contribution in [0.4, 0.5) is 5.69 Å². The quantitative estimate of drug-likeness (QED) is 0.848. The first-order valence-electron chi connectivity index (χ1n) is 6.39. The molecule has 0 radical (unpaired) electrons. The number of nitrogens with zero attached hydrogens (tertiary/aromatic N) is 1. The molecule has 0 bridgehead atoms. The number of nitrogens with two attached hydrogens (primary N) is 1. The summed E-state index contributed by atoms with van der Waals surface area (Å²) in [5.74, 6) is 0.673. The zero-order valence-corrected chi connectivity index (χ0v) is 10.8. The number of ether oxygens (including phenoxy) is 1. The molecule has 3 rings (SSSR count). The van der Waals surface area contributed by atoms with Crippen LogP contribution in [0.1, 0.15) is 6.92 Å². The summed E-state index contributed by atoms with van der Waals surface area (Å²) < 4.78 is 5.83. The highest BCUT2D eigenvalue weighted by atomic mass is 16.5. The highest BCUT2D eigenvalue weighted by Crippen LogP contribution is 2.39. The third-order valence-corrected chi connectivity index (χ3v) is 3.38. The molecule has 0 saturated heterocycles. The minimum absolute atomic E-state index is 0.00931. The average Bonchev–Trinajstić information content (AvgIpc) is 2.45. The third kappa shape index (κ3) is 1.94. The molecule has 0 aliphatic carbocycles. The van der Waals surface area contributed by atoms with Gasteiger partial charge in [0.25, 0.3) is 0 Å². The molecule has 2 N–H and O–H groups in total. The molecule has 1 unspecified atom stereocenters. The first kappa shape index (κ1) is 12.0. The molecule has 2 aromatic rings. The van der Waals surface area contributed by atoms with E-state index in [9.17, 15) is 4.79 Å². The van der Waals surface area contributed by atoms with Crippen LogP contribution in [-0.4, -0.2) is 25.1 Å². The van der Waals surface area contributed by atoms with Gasteiger partial charge in [-0.3, -0.25) is 4.79 Å². The monoisotopic (exact) mass is 256 g/mol. The average molecular weight is 256 g/mol. The Kier molecular flexibility index (Phi) is 2.87. The van der Waals surface area contributed by atoms with Crippen molar-refractivity contribution in [1.29, 1.82) is 0 Å². The van der Waals surface area contributed by atoms with E-state index in [0.717, 1.165) is 22.2 Å². The molecule has 0 saturated carbocycles. The maximum atomic E-state index is 12.1. The van der Waals surface area contributed by atoms with Crippen LogP contribution in [0.25, 0.3) is 10.8 Å². The van der Waals surface area contributed by atoms with Gasteiger partial charge in [-0.05, 0) is 18.4 Å². The molecule has 4 heteroatoms. The second kappa shape index (κ2) is 4.55. The van der Waals surface area contributed by atoms with Gasteiger partial charge in [0.1, 0.15) is 11.9 Å². The van der Waals surface area contributed by atoms with Crippen LogP contribution in [0.3, 0.4) is 0 Å². The van der Waals surface area contributed by atoms with Crippen molar-refractivity contribution in [3.63, 3.8) is 0 Å². The number of hydrogen-bond acceptors (Lipinski definition) is 3. The minimum Gasteiger partial charge on any atom is -0.487 e. The fourth-order valence-electron chi connectivity index (χ4n) is 2.55. The Balaban J connectivity index is 2.24. The zero-order chi connectivity index (χ0) is 13.4. The number of carbonyl (C=O) groups is 1. The van der Waals surface area contributed by atoms with Crippen molar-refractivity contribution in [3.8, 4) is 5.75 Å². The van der Waals surface area contributed by atoms with Gasteiger partial charge in [0.15, 0.2) is 0 Å². The largest absolute Gasteiger partial charge is 0.487 e. The summed E-state index contributed by atoms with van der Waals surface area (Å²) in [4.78, 5) is 13.8. The van der Waals surface area contributed by atoms with Crippen LogP contribution in [-0.2, 0) is 4.79 Å². The maximum absolute atomic E-state index is 12.1. The normalized spacial score (nSPS) is 18.0. The number of benzene rings is 2. The van der Waals surface area contributed by atoms with E-state index in [2.05, 4.69) is 0 Å². The number of hydrogen-bond donors (Lipinski definition) is 1. The summed E-state index contributed by atoms with van der Waals surface area (Å²) >= 11 is 0. The van der Waals surface area contributed by atoms with Gasteiger partial charge in [-0.2, -0.15) is 0 Å². The topological polar surface area (TPSA) is 55.6 Å². The highest BCUT2D eigenvalue weighted by Gasteiger charge is 2.28. The van der Waals surface area contributed by atoms with Crippen LogP contribution >= 0.6 is 0 Å². The lowest BCUT2D eigenvalue weighted by atomic mass is 10.1. The van der Waals surface area contributed by atoms with Crippen LogP contribution in [0.5, 0.6) is 5.75 Å². The summed E-state index contributed by atoms with van der Waals surface area (Å²) in [5, 5.41) is 2.11. The van der Waals surface area contributed by atoms with E-state index in [1.165, 1.54) is 0 Å². The predicted molar refractivity (Wildman–Crippen MR) is 75.4 cm³/mol. The van der Waals surface area contributed by atoms with Crippen molar-refractivity contribution >= 4 is 22.4 Å². The minimum atomic E-state index is -0.0762. The number of fused-ring (bicyclic) bond motifs is 3. The van der Waals surface area contributed by atoms with Crippen LogP contribution < -0.4 is 15.4 Å². The van der Waals surface area contributed by atoms with Gasteiger partial charge in [-0.15, -0.1) is 0 Å². The second-order valence-corrected chi connectivity index (χ2v) is 4.77. The molecular formula is C15H16N2O2. The number of rotatable bonds is 1. The fraction of sp³-hybridized carbons (Fsp3) is 0.267. The molecule has 1 amide bonds. The van der Waals surface area contributed by atoms with Crippen LogP contribution in [0.15, 0.2) is 36.4 Å². The summed E-state index contributed by atoms with van der Waals surface area (Å²) in [6.07, 6.45) is -0.0239. The first-order valence-corrected chi connectivity index (χ1v) is 6.39. The fourth-order valence-corrected chi connectivity index (χ4v) is 2.55. The lowest BCUT2D eigenvalue weighted by Crippen LogP contribution is -2.45. The Morgan fingerprint density at radius 1 is 1.37 bits per heavy atom. The molecule has 1 heterocycles. The Morgan fingerprint density at radius 2 is 2.16 bits per heavy atom. The molecule has 0 spiro atoms. The summed E-state index contributed by atoms with van der Waals surface area (Å²) in [6, 6.07) is 11.9. The number of carbonyl (C=O) groups excluding carboxylic acids is 1. The molecule has 1 aliphatic heterocycles. The van der Waals surface area contributed by atoms with Gasteiger partial charge in [0, 0.05) is 5.39 Å². The Labute approximate surface area is 111 Å². The van der Waals surface area contributed by atoms with Crippen molar-refractivity contribution in [2.75, 3.05) is 18.0 Å². The maximum Gasteiger partial charge on any atom is 0.240 e. The lowest BCUT2D eigenvalue weighted by molar-refractivity contribution is -0.117. The van der Waals surface area contributed by atoms with E-state index < -0.39 is 0 Å². The SMILES string of the molecule is CC1CN(C(=O)CN)c2c(ccc3ccccc23)O1. The van der Waals surface area contributed by atoms with Gasteiger partial charge >= 0.3 is 0 Å². The van der Waals surface area contributed by atoms with Crippen LogP contribution in [0, 0.1) is 0 Å². The zero-order valence-electron chi connectivity index (χ0n) is 10.8. The van der Waals surface area contributed by atoms with E-state index in [1.807, 2.05) is 43.3 Å². The van der Waals surface area contributed by atoms with Gasteiger partial charge < -0.3 is 15.4 Å². The summed E-state index contributed by atoms with van der Waals surface area (Å²) in [6.45, 7) is 2.50. The van der Waals surface area contributed by atoms with E-state index in [4.69, 9.17) is 10.5 Å². The summed E-state index contributed by atoms with van der Waals surface area (Å²) in [5.41, 5.74) is 6.36. The molecule has 4 nitrogen and oxygen atoms in total. The lowest BCUT2D eigenvalue weighted by Gasteiger charge is -2.34. The van der Waals surface area contributed by atoms with Crippen molar-refractivity contribution in [3.05, 3.63) is 36.4 Å². The van der Waals surface area contributed by atoms with Crippen molar-refractivity contribution < 1.29 is 9.53 Å². The van der Waals surface area contributed by atoms with E-state index in [-0.39, 0.29) is 18.6 Å². The van der Waals surface area contributed by atoms with Crippen molar-refractivity contribution in [2.45, 2.75) is 13.0 Å². The van der Waals surface area contributed by atoms with Crippen molar-refractivity contribution in [1.82, 2.24) is 0 Å². The molecule has 0 aromatic heterocycles. The Hall–Kier alpha value is -2.07. The van der Waals surface area contributed by atoms with E-state index in [0.29, 0.717) is 6.54 Å². The second-order valence-electron chi connectivity index (χ2n) is 4.77. The van der Waals surface area contributed by atoms with Gasteiger partial charge in [-0.25, -0.2) is 0 Å². The standard InChI is InChI=1S/C15H16N2O2/c1-10-9-17(14(18)8-16)15-12-5-3-2-4-11(12)6-7-13(15)19-10/h2-7,10H,8-9,16H2,1H3. The highest BCUT2D eigenvalue weighted by molar-refractivity contribution is 6.07. The number of anilines is 1. The molecule has 98 valence electrons. The molecule has 2 aromatic carbocycles. The van der Waals surface area contributed by atoms with E-state index >= 15 is 0 Å². The predicted octanol–water partition coefficient (Wildman–Crippen LogP) is 1.91. The van der Waals surface area contributed by atoms with Gasteiger partial charge in [-0.1, -0.05) is 30.3 Å². The molecule has 1 aliphatic rings. The summed E-state index contributed by atoms with van der Waals surface area (Å²) in [7, 11) is 0. The molecular weight excluding hydrogens is 240 g/mol. The Bertz CT molecular complexity index is 639. The molecule has 1 atom stereocenters. The Morgan fingerprint density at radius 3 is 2.95 bits per heavy atom. The third-order valence-electron chi connectivity index (χ3n) is 3.38. The first-order chi connectivity index (χ1) is 9.20. The van der Waals surface area contributed by atoms with Crippen molar-refractivity contribution in [2.24, 2.45) is 5.73 Å². The van der Waals surface area contributed by atoms with Crippen LogP contribution in [0.2, 0.25) is 0 Å². The van der Waals surface area contributed by atoms with Gasteiger partial charge in [0.2, 0.25) is 5.91 Å². The van der Waals surface area contributed by atoms with Gasteiger partial charge in [0.05, 0.1) is 18.8 Å². The number of amides is 1. The molecule has 19 heavy (non-hydrogen) atoms. The smallest absolute Gasteiger partial charge is 0.240 e. The van der Waals surface area contributed by atoms with E-state index in [1.54, 1.807) is 4.90 Å². The molecule has 0 fully saturated rings.